The van der Waals surface area contributed by atoms with Crippen molar-refractivity contribution in [3.63, 3.8) is 0 Å². The molecule has 0 bridgehead atoms. The average Bonchev–Trinajstić information content (AvgIpc) is 2.61. The number of nitrogens with one attached hydrogen (secondary N) is 2. The molecule has 3 aromatic rings. The van der Waals surface area contributed by atoms with Crippen LogP contribution in [-0.2, 0) is 6.18 Å². The summed E-state index contributed by atoms with van der Waals surface area (Å²) in [4.78, 5) is 29.7. The molecule has 0 atom stereocenters. The zero-order valence-electron chi connectivity index (χ0n) is 14.6. The summed E-state index contributed by atoms with van der Waals surface area (Å²) in [6, 6.07) is 10.4. The zero-order valence-corrected chi connectivity index (χ0v) is 14.6. The van der Waals surface area contributed by atoms with Gasteiger partial charge in [-0.1, -0.05) is 12.1 Å². The van der Waals surface area contributed by atoms with Crippen molar-refractivity contribution < 1.29 is 18.0 Å². The lowest BCUT2D eigenvalue weighted by molar-refractivity contribution is -0.136. The van der Waals surface area contributed by atoms with Crippen LogP contribution in [0.5, 0.6) is 0 Å². The van der Waals surface area contributed by atoms with Gasteiger partial charge in [-0.25, -0.2) is 0 Å². The summed E-state index contributed by atoms with van der Waals surface area (Å²) >= 11 is 0. The summed E-state index contributed by atoms with van der Waals surface area (Å²) in [5.41, 5.74) is -1.12. The molecule has 0 aliphatic carbocycles. The maximum atomic E-state index is 13.5. The Balaban J connectivity index is 1.69. The topological polar surface area (TPSA) is 65.2 Å². The van der Waals surface area contributed by atoms with E-state index in [1.54, 1.807) is 24.3 Å². The standard InChI is InChI=1S/C20H16F3N3O2/c21-20(22,23)15-10-12(26-8-3-9-26)6-7-17(15)25-19(28)14-11-24-16-5-2-1-4-13(16)18(14)27/h1-2,4-7,10-11H,3,8-9H2,(H,24,27)(H,25,28). The molecule has 0 spiro atoms. The van der Waals surface area contributed by atoms with Crippen LogP contribution in [0.25, 0.3) is 10.9 Å². The predicted octanol–water partition coefficient (Wildman–Crippen LogP) is 4.01. The van der Waals surface area contributed by atoms with E-state index in [1.165, 1.54) is 18.3 Å². The number of pyridine rings is 1. The smallest absolute Gasteiger partial charge is 0.371 e. The van der Waals surface area contributed by atoms with E-state index in [4.69, 9.17) is 0 Å². The number of hydrogen-bond acceptors (Lipinski definition) is 3. The van der Waals surface area contributed by atoms with Gasteiger partial charge in [0.25, 0.3) is 5.91 Å². The number of fused-ring (bicyclic) bond motifs is 1. The lowest BCUT2D eigenvalue weighted by Crippen LogP contribution is -2.37. The Morgan fingerprint density at radius 2 is 1.86 bits per heavy atom. The van der Waals surface area contributed by atoms with E-state index in [2.05, 4.69) is 10.3 Å². The van der Waals surface area contributed by atoms with Crippen LogP contribution in [0.15, 0.2) is 53.5 Å². The van der Waals surface area contributed by atoms with Gasteiger partial charge in [-0.05, 0) is 36.8 Å². The van der Waals surface area contributed by atoms with Crippen LogP contribution < -0.4 is 15.6 Å². The lowest BCUT2D eigenvalue weighted by atomic mass is 10.1. The van der Waals surface area contributed by atoms with E-state index < -0.39 is 23.1 Å². The number of nitrogens with zero attached hydrogens (tertiary/aromatic N) is 1. The third-order valence-corrected chi connectivity index (χ3v) is 4.81. The normalized spacial score (nSPS) is 14.0. The van der Waals surface area contributed by atoms with E-state index in [0.717, 1.165) is 12.5 Å². The van der Waals surface area contributed by atoms with Gasteiger partial charge in [0.1, 0.15) is 5.56 Å². The molecule has 28 heavy (non-hydrogen) atoms. The Labute approximate surface area is 157 Å². The SMILES string of the molecule is O=C(Nc1ccc(N2CCC2)cc1C(F)(F)F)c1c[nH]c2ccccc2c1=O. The third-order valence-electron chi connectivity index (χ3n) is 4.81. The molecule has 5 nitrogen and oxygen atoms in total. The number of aromatic amines is 1. The van der Waals surface area contributed by atoms with Crippen molar-refractivity contribution in [2.24, 2.45) is 0 Å². The number of anilines is 2. The maximum absolute atomic E-state index is 13.5. The van der Waals surface area contributed by atoms with E-state index in [1.807, 2.05) is 4.90 Å². The fourth-order valence-corrected chi connectivity index (χ4v) is 3.17. The van der Waals surface area contributed by atoms with Gasteiger partial charge >= 0.3 is 6.18 Å². The van der Waals surface area contributed by atoms with Crippen molar-refractivity contribution in [1.29, 1.82) is 0 Å². The highest BCUT2D eigenvalue weighted by atomic mass is 19.4. The second-order valence-electron chi connectivity index (χ2n) is 6.60. The molecule has 1 aromatic heterocycles. The minimum Gasteiger partial charge on any atom is -0.371 e. The number of hydrogen-bond donors (Lipinski definition) is 2. The number of benzene rings is 2. The van der Waals surface area contributed by atoms with Crippen LogP contribution in [0.1, 0.15) is 22.3 Å². The van der Waals surface area contributed by atoms with Crippen molar-refractivity contribution >= 4 is 28.2 Å². The molecule has 0 unspecified atom stereocenters. The molecule has 0 saturated carbocycles. The molecule has 0 radical (unpaired) electrons. The molecule has 2 heterocycles. The van der Waals surface area contributed by atoms with Gasteiger partial charge in [0.05, 0.1) is 11.3 Å². The van der Waals surface area contributed by atoms with Crippen molar-refractivity contribution in [3.8, 4) is 0 Å². The molecule has 1 amide bonds. The minimum absolute atomic E-state index is 0.251. The van der Waals surface area contributed by atoms with Crippen LogP contribution in [0.2, 0.25) is 0 Å². The number of halogens is 3. The molecule has 1 saturated heterocycles. The molecule has 1 aliphatic heterocycles. The van der Waals surface area contributed by atoms with Gasteiger partial charge in [-0.15, -0.1) is 0 Å². The fourth-order valence-electron chi connectivity index (χ4n) is 3.17. The zero-order chi connectivity index (χ0) is 19.9. The van der Waals surface area contributed by atoms with Crippen molar-refractivity contribution in [1.82, 2.24) is 4.98 Å². The molecule has 144 valence electrons. The van der Waals surface area contributed by atoms with Crippen LogP contribution in [0.3, 0.4) is 0 Å². The molecular formula is C20H16F3N3O2. The quantitative estimate of drug-likeness (QED) is 0.714. The van der Waals surface area contributed by atoms with Gasteiger partial charge in [0.15, 0.2) is 0 Å². The van der Waals surface area contributed by atoms with Gasteiger partial charge < -0.3 is 15.2 Å². The van der Waals surface area contributed by atoms with Crippen LogP contribution in [-0.4, -0.2) is 24.0 Å². The summed E-state index contributed by atoms with van der Waals surface area (Å²) in [6.45, 7) is 1.41. The number of rotatable bonds is 3. The lowest BCUT2D eigenvalue weighted by Gasteiger charge is -2.33. The molecular weight excluding hydrogens is 371 g/mol. The Morgan fingerprint density at radius 1 is 1.11 bits per heavy atom. The van der Waals surface area contributed by atoms with Gasteiger partial charge in [0, 0.05) is 35.9 Å². The van der Waals surface area contributed by atoms with E-state index in [-0.39, 0.29) is 11.3 Å². The van der Waals surface area contributed by atoms with Crippen molar-refractivity contribution in [2.75, 3.05) is 23.3 Å². The van der Waals surface area contributed by atoms with Crippen LogP contribution >= 0.6 is 0 Å². The minimum atomic E-state index is -4.64. The number of H-pyrrole nitrogens is 1. The van der Waals surface area contributed by atoms with Crippen LogP contribution in [0, 0.1) is 0 Å². The Kier molecular flexibility index (Phi) is 4.33. The van der Waals surface area contributed by atoms with Crippen molar-refractivity contribution in [2.45, 2.75) is 12.6 Å². The Bertz CT molecular complexity index is 1120. The molecule has 2 aromatic carbocycles. The molecule has 4 rings (SSSR count). The third kappa shape index (κ3) is 3.21. The number of carbonyl (C=O) groups excluding carboxylic acids is 1. The predicted molar refractivity (Wildman–Crippen MR) is 101 cm³/mol. The first-order valence-corrected chi connectivity index (χ1v) is 8.72. The first-order valence-electron chi connectivity index (χ1n) is 8.72. The van der Waals surface area contributed by atoms with Crippen molar-refractivity contribution in [3.05, 3.63) is 70.0 Å². The largest absolute Gasteiger partial charge is 0.418 e. The van der Waals surface area contributed by atoms with Gasteiger partial charge in [-0.2, -0.15) is 13.2 Å². The molecule has 2 N–H and O–H groups in total. The second kappa shape index (κ2) is 6.70. The Morgan fingerprint density at radius 3 is 2.54 bits per heavy atom. The summed E-state index contributed by atoms with van der Waals surface area (Å²) in [7, 11) is 0. The number of para-hydroxylation sites is 1. The molecule has 1 fully saturated rings. The summed E-state index contributed by atoms with van der Waals surface area (Å²) in [6.07, 6.45) is -2.49. The van der Waals surface area contributed by atoms with E-state index in [0.29, 0.717) is 29.7 Å². The highest BCUT2D eigenvalue weighted by Gasteiger charge is 2.35. The second-order valence-corrected chi connectivity index (χ2v) is 6.60. The monoisotopic (exact) mass is 387 g/mol. The summed E-state index contributed by atoms with van der Waals surface area (Å²) < 4.78 is 40.5. The molecule has 8 heteroatoms. The highest BCUT2D eigenvalue weighted by molar-refractivity contribution is 6.06. The maximum Gasteiger partial charge on any atom is 0.418 e. The summed E-state index contributed by atoms with van der Waals surface area (Å²) in [5, 5.41) is 2.53. The first-order chi connectivity index (χ1) is 13.3. The average molecular weight is 387 g/mol. The first kappa shape index (κ1) is 18.1. The number of amides is 1. The number of carbonyl (C=O) groups is 1. The Hall–Kier alpha value is -3.29. The van der Waals surface area contributed by atoms with Gasteiger partial charge in [-0.3, -0.25) is 9.59 Å². The summed E-state index contributed by atoms with van der Waals surface area (Å²) in [5.74, 6) is -0.894. The highest BCUT2D eigenvalue weighted by Crippen LogP contribution is 2.38. The van der Waals surface area contributed by atoms with E-state index >= 15 is 0 Å². The van der Waals surface area contributed by atoms with Gasteiger partial charge in [0.2, 0.25) is 5.43 Å². The van der Waals surface area contributed by atoms with E-state index in [9.17, 15) is 22.8 Å². The number of alkyl halides is 3. The fraction of sp³-hybridized carbons (Fsp3) is 0.200. The molecule has 1 aliphatic rings. The van der Waals surface area contributed by atoms with Crippen LogP contribution in [0.4, 0.5) is 24.5 Å². The number of aromatic nitrogens is 1.